The van der Waals surface area contributed by atoms with Crippen molar-refractivity contribution in [1.29, 1.82) is 0 Å². The zero-order valence-electron chi connectivity index (χ0n) is 5.62. The van der Waals surface area contributed by atoms with Crippen LogP contribution in [0.15, 0.2) is 16.4 Å². The SMILES string of the molecule is [N-]=[N+]=NC1=C(CO)CCC1. The van der Waals surface area contributed by atoms with Gasteiger partial charge < -0.3 is 5.11 Å². The Morgan fingerprint density at radius 1 is 1.60 bits per heavy atom. The summed E-state index contributed by atoms with van der Waals surface area (Å²) in [5, 5.41) is 12.2. The van der Waals surface area contributed by atoms with Crippen LogP contribution in [0, 0.1) is 0 Å². The fourth-order valence-electron chi connectivity index (χ4n) is 1.14. The summed E-state index contributed by atoms with van der Waals surface area (Å²) in [7, 11) is 0. The molecule has 0 aromatic rings. The predicted octanol–water partition coefficient (Wildman–Crippen LogP) is 1.73. The monoisotopic (exact) mass is 139 g/mol. The van der Waals surface area contributed by atoms with Crippen LogP contribution in [0.2, 0.25) is 0 Å². The minimum absolute atomic E-state index is 0.0361. The van der Waals surface area contributed by atoms with Crippen LogP contribution in [0.5, 0.6) is 0 Å². The molecule has 4 nitrogen and oxygen atoms in total. The summed E-state index contributed by atoms with van der Waals surface area (Å²) < 4.78 is 0. The van der Waals surface area contributed by atoms with Crippen molar-refractivity contribution in [2.45, 2.75) is 19.3 Å². The van der Waals surface area contributed by atoms with E-state index < -0.39 is 0 Å². The highest BCUT2D eigenvalue weighted by molar-refractivity contribution is 5.18. The summed E-state index contributed by atoms with van der Waals surface area (Å²) in [5.41, 5.74) is 9.72. The smallest absolute Gasteiger partial charge is 0.0646 e. The Labute approximate surface area is 58.8 Å². The second-order valence-corrected chi connectivity index (χ2v) is 2.25. The van der Waals surface area contributed by atoms with Gasteiger partial charge in [0.2, 0.25) is 0 Å². The lowest BCUT2D eigenvalue weighted by Crippen LogP contribution is -1.86. The minimum atomic E-state index is 0.0361. The normalized spacial score (nSPS) is 17.3. The highest BCUT2D eigenvalue weighted by atomic mass is 16.3. The standard InChI is InChI=1S/C6H9N3O/c7-9-8-6-3-1-2-5(6)4-10/h10H,1-4H2. The Morgan fingerprint density at radius 3 is 3.00 bits per heavy atom. The number of aliphatic hydroxyl groups is 1. The Morgan fingerprint density at radius 2 is 2.40 bits per heavy atom. The average Bonchev–Trinajstić information content (AvgIpc) is 2.36. The van der Waals surface area contributed by atoms with Gasteiger partial charge in [0.1, 0.15) is 0 Å². The van der Waals surface area contributed by atoms with Crippen molar-refractivity contribution in [2.75, 3.05) is 6.61 Å². The molecule has 4 heteroatoms. The molecule has 1 N–H and O–H groups in total. The summed E-state index contributed by atoms with van der Waals surface area (Å²) in [5.74, 6) is 0. The van der Waals surface area contributed by atoms with E-state index in [4.69, 9.17) is 10.6 Å². The lowest BCUT2D eigenvalue weighted by Gasteiger charge is -1.94. The molecule has 1 aliphatic rings. The van der Waals surface area contributed by atoms with E-state index in [2.05, 4.69) is 10.0 Å². The van der Waals surface area contributed by atoms with Crippen molar-refractivity contribution < 1.29 is 5.11 Å². The predicted molar refractivity (Wildman–Crippen MR) is 37.1 cm³/mol. The van der Waals surface area contributed by atoms with Crippen LogP contribution in [0.3, 0.4) is 0 Å². The fourth-order valence-corrected chi connectivity index (χ4v) is 1.14. The molecule has 0 heterocycles. The van der Waals surface area contributed by atoms with Gasteiger partial charge >= 0.3 is 0 Å². The van der Waals surface area contributed by atoms with Crippen molar-refractivity contribution in [3.63, 3.8) is 0 Å². The maximum atomic E-state index is 8.72. The van der Waals surface area contributed by atoms with Gasteiger partial charge in [-0.3, -0.25) is 0 Å². The molecule has 54 valence electrons. The number of rotatable bonds is 2. The van der Waals surface area contributed by atoms with Crippen molar-refractivity contribution in [1.82, 2.24) is 0 Å². The molecule has 0 aliphatic heterocycles. The van der Waals surface area contributed by atoms with E-state index in [1.165, 1.54) is 0 Å². The van der Waals surface area contributed by atoms with Crippen molar-refractivity contribution in [3.8, 4) is 0 Å². The van der Waals surface area contributed by atoms with E-state index in [1.54, 1.807) is 0 Å². The Kier molecular flexibility index (Phi) is 2.31. The first-order valence-electron chi connectivity index (χ1n) is 3.25. The Bertz CT molecular complexity index is 203. The Hall–Kier alpha value is -0.990. The lowest BCUT2D eigenvalue weighted by atomic mass is 10.2. The molecule has 0 saturated carbocycles. The number of allylic oxidation sites excluding steroid dienone is 1. The van der Waals surface area contributed by atoms with Gasteiger partial charge in [0.15, 0.2) is 0 Å². The van der Waals surface area contributed by atoms with Crippen molar-refractivity contribution in [2.24, 2.45) is 5.11 Å². The van der Waals surface area contributed by atoms with E-state index in [9.17, 15) is 0 Å². The van der Waals surface area contributed by atoms with Gasteiger partial charge in [-0.1, -0.05) is 5.11 Å². The van der Waals surface area contributed by atoms with E-state index in [0.717, 1.165) is 30.5 Å². The maximum absolute atomic E-state index is 8.72. The number of azide groups is 1. The first kappa shape index (κ1) is 7.12. The van der Waals surface area contributed by atoms with E-state index in [0.29, 0.717) is 0 Å². The largest absolute Gasteiger partial charge is 0.392 e. The molecule has 0 amide bonds. The first-order valence-corrected chi connectivity index (χ1v) is 3.25. The zero-order chi connectivity index (χ0) is 7.40. The summed E-state index contributed by atoms with van der Waals surface area (Å²) in [4.78, 5) is 2.67. The third kappa shape index (κ3) is 1.29. The molecule has 10 heavy (non-hydrogen) atoms. The average molecular weight is 139 g/mol. The Balaban J connectivity index is 2.77. The first-order chi connectivity index (χ1) is 4.88. The maximum Gasteiger partial charge on any atom is 0.0646 e. The molecular weight excluding hydrogens is 130 g/mol. The lowest BCUT2D eigenvalue weighted by molar-refractivity contribution is 0.327. The van der Waals surface area contributed by atoms with Gasteiger partial charge in [0.25, 0.3) is 0 Å². The van der Waals surface area contributed by atoms with Crippen LogP contribution in [0.4, 0.5) is 0 Å². The third-order valence-electron chi connectivity index (χ3n) is 1.66. The summed E-state index contributed by atoms with van der Waals surface area (Å²) in [6.07, 6.45) is 2.70. The van der Waals surface area contributed by atoms with Crippen LogP contribution < -0.4 is 0 Å². The molecule has 0 fully saturated rings. The quantitative estimate of drug-likeness (QED) is 0.353. The van der Waals surface area contributed by atoms with Crippen molar-refractivity contribution in [3.05, 3.63) is 21.7 Å². The fraction of sp³-hybridized carbons (Fsp3) is 0.667. The van der Waals surface area contributed by atoms with E-state index >= 15 is 0 Å². The van der Waals surface area contributed by atoms with Crippen LogP contribution in [0.25, 0.3) is 10.4 Å². The zero-order valence-corrected chi connectivity index (χ0v) is 5.62. The molecule has 0 radical (unpaired) electrons. The summed E-state index contributed by atoms with van der Waals surface area (Å²) in [6.45, 7) is 0.0361. The van der Waals surface area contributed by atoms with Gasteiger partial charge in [-0.25, -0.2) is 0 Å². The van der Waals surface area contributed by atoms with Crippen LogP contribution in [0.1, 0.15) is 19.3 Å². The molecule has 0 unspecified atom stereocenters. The van der Waals surface area contributed by atoms with Gasteiger partial charge in [-0.15, -0.1) is 0 Å². The molecular formula is C6H9N3O. The van der Waals surface area contributed by atoms with Crippen molar-refractivity contribution >= 4 is 0 Å². The third-order valence-corrected chi connectivity index (χ3v) is 1.66. The number of aliphatic hydroxyl groups excluding tert-OH is 1. The molecule has 1 aliphatic carbocycles. The van der Waals surface area contributed by atoms with Gasteiger partial charge in [0, 0.05) is 10.6 Å². The molecule has 0 atom stereocenters. The van der Waals surface area contributed by atoms with Crippen LogP contribution in [-0.2, 0) is 0 Å². The number of hydrogen-bond donors (Lipinski definition) is 1. The topological polar surface area (TPSA) is 69.0 Å². The molecule has 0 saturated heterocycles. The van der Waals surface area contributed by atoms with E-state index in [1.807, 2.05) is 0 Å². The molecule has 0 aromatic heterocycles. The summed E-state index contributed by atoms with van der Waals surface area (Å²) >= 11 is 0. The van der Waals surface area contributed by atoms with Gasteiger partial charge in [0.05, 0.1) is 6.61 Å². The van der Waals surface area contributed by atoms with E-state index in [-0.39, 0.29) is 6.61 Å². The molecule has 0 bridgehead atoms. The number of hydrogen-bond acceptors (Lipinski definition) is 2. The highest BCUT2D eigenvalue weighted by Crippen LogP contribution is 2.26. The highest BCUT2D eigenvalue weighted by Gasteiger charge is 2.11. The van der Waals surface area contributed by atoms with Gasteiger partial charge in [-0.05, 0) is 30.4 Å². The van der Waals surface area contributed by atoms with Crippen LogP contribution in [-0.4, -0.2) is 11.7 Å². The summed E-state index contributed by atoms with van der Waals surface area (Å²) in [6, 6.07) is 0. The molecule has 0 aromatic carbocycles. The number of nitrogens with zero attached hydrogens (tertiary/aromatic N) is 3. The minimum Gasteiger partial charge on any atom is -0.392 e. The second kappa shape index (κ2) is 3.25. The van der Waals surface area contributed by atoms with Gasteiger partial charge in [-0.2, -0.15) is 0 Å². The molecule has 0 spiro atoms. The van der Waals surface area contributed by atoms with Crippen LogP contribution >= 0.6 is 0 Å². The molecule has 1 rings (SSSR count). The second-order valence-electron chi connectivity index (χ2n) is 2.25.